The van der Waals surface area contributed by atoms with Crippen molar-refractivity contribution in [2.45, 2.75) is 57.7 Å². The van der Waals surface area contributed by atoms with Gasteiger partial charge in [0.1, 0.15) is 23.6 Å². The molecule has 2 aliphatic rings. The van der Waals surface area contributed by atoms with Gasteiger partial charge in [0, 0.05) is 49.8 Å². The van der Waals surface area contributed by atoms with E-state index in [2.05, 4.69) is 26.0 Å². The molecule has 3 aromatic carbocycles. The number of rotatable bonds is 9. The molecule has 2 heterocycles. The first-order valence-corrected chi connectivity index (χ1v) is 20.1. The molecule has 0 unspecified atom stereocenters. The van der Waals surface area contributed by atoms with Gasteiger partial charge in [-0.25, -0.2) is 13.1 Å². The van der Waals surface area contributed by atoms with E-state index < -0.39 is 52.3 Å². The molecule has 0 fully saturated rings. The van der Waals surface area contributed by atoms with Crippen LogP contribution in [0.1, 0.15) is 54.1 Å². The predicted octanol–water partition coefficient (Wildman–Crippen LogP) is 2.03. The lowest BCUT2D eigenvalue weighted by Gasteiger charge is -2.25. The van der Waals surface area contributed by atoms with Crippen LogP contribution in [-0.2, 0) is 42.2 Å². The molecule has 3 aromatic rings. The zero-order chi connectivity index (χ0) is 40.7. The first kappa shape index (κ1) is 43.1. The smallest absolute Gasteiger partial charge is 0.251 e. The SMILES string of the molecule is COc1cc2ccc1CNC(=O)[C@H](C)NC(=O)[C@H](CCc1ccccc1)NC(=O)CN(C(=O)CCNS(C)(=O)=O)CCCCNC(=O)c1ccc(OC)c(c1)O2. The molecule has 0 saturated carbocycles. The van der Waals surface area contributed by atoms with Gasteiger partial charge in [0.15, 0.2) is 11.5 Å². The van der Waals surface area contributed by atoms with Gasteiger partial charge in [-0.2, -0.15) is 0 Å². The number of nitrogens with one attached hydrogen (secondary N) is 5. The third-order valence-corrected chi connectivity index (χ3v) is 9.59. The number of nitrogens with zero attached hydrogens (tertiary/aromatic N) is 1. The molecule has 0 saturated heterocycles. The summed E-state index contributed by atoms with van der Waals surface area (Å²) in [7, 11) is -0.602. The van der Waals surface area contributed by atoms with Crippen LogP contribution < -0.4 is 40.2 Å². The normalized spacial score (nSPS) is 17.9. The molecule has 0 aliphatic carbocycles. The maximum atomic E-state index is 13.6. The lowest BCUT2D eigenvalue weighted by atomic mass is 10.0. The Hall–Kier alpha value is -5.68. The van der Waals surface area contributed by atoms with Crippen molar-refractivity contribution in [1.29, 1.82) is 0 Å². The lowest BCUT2D eigenvalue weighted by molar-refractivity contribution is -0.137. The monoisotopic (exact) mass is 794 g/mol. The average Bonchev–Trinajstić information content (AvgIpc) is 3.17. The van der Waals surface area contributed by atoms with Gasteiger partial charge in [-0.05, 0) is 68.5 Å². The van der Waals surface area contributed by atoms with Crippen molar-refractivity contribution >= 4 is 39.6 Å². The molecule has 5 rings (SSSR count). The van der Waals surface area contributed by atoms with Crippen LogP contribution in [0.4, 0.5) is 0 Å². The van der Waals surface area contributed by atoms with Gasteiger partial charge >= 0.3 is 0 Å². The summed E-state index contributed by atoms with van der Waals surface area (Å²) >= 11 is 0. The molecule has 0 aromatic heterocycles. The highest BCUT2D eigenvalue weighted by molar-refractivity contribution is 7.88. The molecule has 5 N–H and O–H groups in total. The van der Waals surface area contributed by atoms with Crippen molar-refractivity contribution in [1.82, 2.24) is 30.9 Å². The molecule has 0 spiro atoms. The molecule has 16 nitrogen and oxygen atoms in total. The Balaban J connectivity index is 1.59. The van der Waals surface area contributed by atoms with E-state index in [4.69, 9.17) is 14.2 Å². The number of fused-ring (bicyclic) bond motifs is 18. The summed E-state index contributed by atoms with van der Waals surface area (Å²) in [5.41, 5.74) is 1.86. The zero-order valence-corrected chi connectivity index (χ0v) is 32.8. The second kappa shape index (κ2) is 20.8. The fourth-order valence-corrected chi connectivity index (χ4v) is 6.31. The molecule has 5 amide bonds. The first-order valence-electron chi connectivity index (χ1n) is 18.2. The fraction of sp³-hybridized carbons (Fsp3) is 0.410. The third kappa shape index (κ3) is 13.6. The summed E-state index contributed by atoms with van der Waals surface area (Å²) in [6, 6.07) is 17.1. The highest BCUT2D eigenvalue weighted by Crippen LogP contribution is 2.35. The summed E-state index contributed by atoms with van der Waals surface area (Å²) in [5.74, 6) is -1.10. The molecule has 302 valence electrons. The van der Waals surface area contributed by atoms with Gasteiger partial charge in [-0.15, -0.1) is 0 Å². The number of hydrogen-bond donors (Lipinski definition) is 5. The highest BCUT2D eigenvalue weighted by Gasteiger charge is 2.26. The average molecular weight is 795 g/mol. The van der Waals surface area contributed by atoms with Crippen molar-refractivity contribution in [3.63, 3.8) is 0 Å². The predicted molar refractivity (Wildman–Crippen MR) is 208 cm³/mol. The maximum absolute atomic E-state index is 13.6. The first-order chi connectivity index (χ1) is 26.8. The van der Waals surface area contributed by atoms with Gasteiger partial charge in [0.2, 0.25) is 33.7 Å². The Bertz CT molecular complexity index is 1960. The van der Waals surface area contributed by atoms with Crippen LogP contribution in [0.2, 0.25) is 0 Å². The van der Waals surface area contributed by atoms with Crippen LogP contribution in [-0.4, -0.2) is 102 Å². The quantitative estimate of drug-likeness (QED) is 0.199. The zero-order valence-electron chi connectivity index (χ0n) is 32.0. The van der Waals surface area contributed by atoms with Gasteiger partial charge in [0.25, 0.3) is 5.91 Å². The standard InChI is InChI=1S/C39H50N6O10S/c1-26-37(48)41-24-29-13-15-30(23-33(29)54-3)55-34-22-28(14-17-32(34)53-2)38(49)40-19-8-9-21-45(36(47)18-20-42-56(4,51)52)25-35(46)44-31(39(50)43-26)16-12-27-10-6-5-7-11-27/h5-7,10-11,13-15,17,22-23,26,31,42H,8-9,12,16,18-21,24-25H2,1-4H3,(H,40,49)(H,41,48)(H,43,50)(H,44,46)/t26-,31-/m0/s1. The maximum Gasteiger partial charge on any atom is 0.251 e. The van der Waals surface area contributed by atoms with Crippen LogP contribution in [0.25, 0.3) is 0 Å². The Labute approximate surface area is 327 Å². The number of hydrogen-bond acceptors (Lipinski definition) is 10. The van der Waals surface area contributed by atoms with Crippen LogP contribution in [0.5, 0.6) is 23.0 Å². The van der Waals surface area contributed by atoms with E-state index in [9.17, 15) is 32.4 Å². The van der Waals surface area contributed by atoms with Gasteiger partial charge in [-0.3, -0.25) is 24.0 Å². The van der Waals surface area contributed by atoms with Crippen LogP contribution in [0.15, 0.2) is 66.7 Å². The number of ether oxygens (including phenoxy) is 3. The topological polar surface area (TPSA) is 211 Å². The van der Waals surface area contributed by atoms with Gasteiger partial charge in [0.05, 0.1) is 27.0 Å². The lowest BCUT2D eigenvalue weighted by Crippen LogP contribution is -2.54. The van der Waals surface area contributed by atoms with E-state index in [1.54, 1.807) is 36.4 Å². The molecule has 2 aliphatic heterocycles. The number of aryl methyl sites for hydroxylation is 1. The summed E-state index contributed by atoms with van der Waals surface area (Å²) in [4.78, 5) is 68.0. The van der Waals surface area contributed by atoms with Crippen molar-refractivity contribution < 1.29 is 46.6 Å². The number of sulfonamides is 1. The summed E-state index contributed by atoms with van der Waals surface area (Å²) < 4.78 is 42.6. The number of benzene rings is 3. The van der Waals surface area contributed by atoms with Gasteiger partial charge < -0.3 is 40.4 Å². The highest BCUT2D eigenvalue weighted by atomic mass is 32.2. The van der Waals surface area contributed by atoms with E-state index in [-0.39, 0.29) is 50.7 Å². The second-order valence-corrected chi connectivity index (χ2v) is 15.1. The van der Waals surface area contributed by atoms with E-state index in [1.165, 1.54) is 26.0 Å². The summed E-state index contributed by atoms with van der Waals surface area (Å²) in [5, 5.41) is 11.1. The minimum atomic E-state index is -3.55. The number of methoxy groups -OCH3 is 2. The molecule has 56 heavy (non-hydrogen) atoms. The van der Waals surface area contributed by atoms with Crippen LogP contribution in [0, 0.1) is 0 Å². The van der Waals surface area contributed by atoms with Crippen molar-refractivity contribution in [3.8, 4) is 23.0 Å². The number of carbonyl (C=O) groups is 5. The van der Waals surface area contributed by atoms with Gasteiger partial charge in [-0.1, -0.05) is 30.3 Å². The largest absolute Gasteiger partial charge is 0.496 e. The Morgan fingerprint density at radius 2 is 1.66 bits per heavy atom. The third-order valence-electron chi connectivity index (χ3n) is 8.86. The van der Waals surface area contributed by atoms with Crippen molar-refractivity contribution in [3.05, 3.63) is 83.4 Å². The van der Waals surface area contributed by atoms with E-state index in [0.29, 0.717) is 47.6 Å². The minimum absolute atomic E-state index is 0.0548. The van der Waals surface area contributed by atoms with E-state index in [0.717, 1.165) is 11.8 Å². The number of carbonyl (C=O) groups excluding carboxylic acids is 5. The molecule has 4 bridgehead atoms. The van der Waals surface area contributed by atoms with Crippen molar-refractivity contribution in [2.75, 3.05) is 46.7 Å². The Morgan fingerprint density at radius 3 is 2.38 bits per heavy atom. The second-order valence-electron chi connectivity index (χ2n) is 13.2. The summed E-state index contributed by atoms with van der Waals surface area (Å²) in [6.45, 7) is 1.36. The minimum Gasteiger partial charge on any atom is -0.496 e. The van der Waals surface area contributed by atoms with Crippen molar-refractivity contribution in [2.24, 2.45) is 0 Å². The molecular weight excluding hydrogens is 745 g/mol. The fourth-order valence-electron chi connectivity index (χ4n) is 5.84. The Kier molecular flexibility index (Phi) is 16.0. The number of amides is 5. The van der Waals surface area contributed by atoms with E-state index >= 15 is 0 Å². The molecule has 2 atom stereocenters. The summed E-state index contributed by atoms with van der Waals surface area (Å²) in [6.07, 6.45) is 2.22. The molecule has 17 heteroatoms. The van der Waals surface area contributed by atoms with Crippen LogP contribution >= 0.6 is 0 Å². The molecular formula is C39H50N6O10S. The van der Waals surface area contributed by atoms with E-state index in [1.807, 2.05) is 30.3 Å². The van der Waals surface area contributed by atoms with Crippen LogP contribution in [0.3, 0.4) is 0 Å². The molecule has 0 radical (unpaired) electrons. The Morgan fingerprint density at radius 1 is 0.911 bits per heavy atom.